The zero-order valence-corrected chi connectivity index (χ0v) is 10.7. The predicted octanol–water partition coefficient (Wildman–Crippen LogP) is 1.39. The number of aromatic amines is 1. The van der Waals surface area contributed by atoms with E-state index in [1.807, 2.05) is 0 Å². The molecule has 0 bridgehead atoms. The van der Waals surface area contributed by atoms with Gasteiger partial charge in [0.05, 0.1) is 17.2 Å². The molecule has 8 nitrogen and oxygen atoms in total. The quantitative estimate of drug-likeness (QED) is 0.441. The average molecular weight is 275 g/mol. The number of aromatic nitrogens is 2. The Morgan fingerprint density at radius 1 is 1.55 bits per heavy atom. The first-order valence-electron chi connectivity index (χ1n) is 5.82. The van der Waals surface area contributed by atoms with E-state index in [9.17, 15) is 14.9 Å². The van der Waals surface area contributed by atoms with Gasteiger partial charge in [-0.15, -0.1) is 0 Å². The maximum absolute atomic E-state index is 12.0. The molecule has 1 heterocycles. The number of carbonyl (C=O) groups is 1. The molecule has 0 spiro atoms. The molecule has 0 aliphatic carbocycles. The van der Waals surface area contributed by atoms with Crippen LogP contribution >= 0.6 is 0 Å². The van der Waals surface area contributed by atoms with Gasteiger partial charge in [-0.25, -0.2) is 0 Å². The number of nitrogen functional groups attached to an aromatic ring is 1. The predicted molar refractivity (Wildman–Crippen MR) is 72.0 cm³/mol. The van der Waals surface area contributed by atoms with Crippen molar-refractivity contribution in [3.8, 4) is 0 Å². The fraction of sp³-hybridized carbons (Fsp3) is 0.167. The van der Waals surface area contributed by atoms with E-state index in [2.05, 4.69) is 15.5 Å². The van der Waals surface area contributed by atoms with Crippen LogP contribution in [-0.2, 0) is 0 Å². The molecule has 0 fully saturated rings. The number of H-pyrrole nitrogens is 1. The summed E-state index contributed by atoms with van der Waals surface area (Å²) in [5, 5.41) is 19.9. The number of hydrogen-bond donors (Lipinski definition) is 3. The lowest BCUT2D eigenvalue weighted by Crippen LogP contribution is -2.26. The molecule has 0 radical (unpaired) electrons. The maximum Gasteiger partial charge on any atom is 0.292 e. The molecule has 4 N–H and O–H groups in total. The minimum absolute atomic E-state index is 0.0226. The van der Waals surface area contributed by atoms with Crippen molar-refractivity contribution in [2.45, 2.75) is 13.0 Å². The molecule has 1 atom stereocenters. The van der Waals surface area contributed by atoms with E-state index >= 15 is 0 Å². The van der Waals surface area contributed by atoms with Crippen LogP contribution in [0.25, 0.3) is 0 Å². The van der Waals surface area contributed by atoms with Crippen LogP contribution in [0.2, 0.25) is 0 Å². The van der Waals surface area contributed by atoms with Crippen molar-refractivity contribution < 1.29 is 9.72 Å². The van der Waals surface area contributed by atoms with Crippen molar-refractivity contribution >= 4 is 17.3 Å². The minimum atomic E-state index is -0.619. The average Bonchev–Trinajstić information content (AvgIpc) is 2.92. The first-order chi connectivity index (χ1) is 9.49. The van der Waals surface area contributed by atoms with Gasteiger partial charge in [-0.2, -0.15) is 5.10 Å². The number of amides is 1. The number of anilines is 1. The number of nitro groups is 1. The van der Waals surface area contributed by atoms with Crippen molar-refractivity contribution in [3.63, 3.8) is 0 Å². The van der Waals surface area contributed by atoms with Gasteiger partial charge in [0.2, 0.25) is 0 Å². The SMILES string of the molecule is CC(NC(=O)c1ccc(N)c([N+](=O)[O-])c1)c1cn[nH]c1. The Balaban J connectivity index is 2.17. The lowest BCUT2D eigenvalue weighted by atomic mass is 10.1. The van der Waals surface area contributed by atoms with E-state index in [1.54, 1.807) is 19.3 Å². The Hall–Kier alpha value is -2.90. The third kappa shape index (κ3) is 2.74. The Labute approximate surface area is 114 Å². The van der Waals surface area contributed by atoms with Gasteiger partial charge in [0, 0.05) is 23.4 Å². The Morgan fingerprint density at radius 3 is 2.90 bits per heavy atom. The van der Waals surface area contributed by atoms with Crippen molar-refractivity contribution in [2.75, 3.05) is 5.73 Å². The summed E-state index contributed by atoms with van der Waals surface area (Å²) in [7, 11) is 0. The standard InChI is InChI=1S/C12H13N5O3/c1-7(9-5-14-15-6-9)16-12(18)8-2-3-10(13)11(4-8)17(19)20/h2-7H,13H2,1H3,(H,14,15)(H,16,18). The molecule has 0 aliphatic heterocycles. The maximum atomic E-state index is 12.0. The lowest BCUT2D eigenvalue weighted by molar-refractivity contribution is -0.383. The van der Waals surface area contributed by atoms with Crippen LogP contribution in [0.4, 0.5) is 11.4 Å². The number of nitrogens with zero attached hydrogens (tertiary/aromatic N) is 2. The van der Waals surface area contributed by atoms with E-state index in [0.717, 1.165) is 11.6 Å². The number of rotatable bonds is 4. The third-order valence-electron chi connectivity index (χ3n) is 2.86. The molecular weight excluding hydrogens is 262 g/mol. The van der Waals surface area contributed by atoms with Gasteiger partial charge in [0.25, 0.3) is 11.6 Å². The van der Waals surface area contributed by atoms with Gasteiger partial charge >= 0.3 is 0 Å². The summed E-state index contributed by atoms with van der Waals surface area (Å²) in [4.78, 5) is 22.2. The first-order valence-corrected chi connectivity index (χ1v) is 5.82. The number of nitrogens with two attached hydrogens (primary N) is 1. The molecule has 1 unspecified atom stereocenters. The molecule has 0 aliphatic rings. The van der Waals surface area contributed by atoms with Crippen molar-refractivity contribution in [1.82, 2.24) is 15.5 Å². The third-order valence-corrected chi connectivity index (χ3v) is 2.86. The van der Waals surface area contributed by atoms with Crippen LogP contribution in [0, 0.1) is 10.1 Å². The molecule has 0 saturated carbocycles. The molecule has 104 valence electrons. The zero-order valence-electron chi connectivity index (χ0n) is 10.7. The summed E-state index contributed by atoms with van der Waals surface area (Å²) < 4.78 is 0. The number of nitro benzene ring substituents is 1. The van der Waals surface area contributed by atoms with Gasteiger partial charge < -0.3 is 11.1 Å². The summed E-state index contributed by atoms with van der Waals surface area (Å²) in [5.74, 6) is -0.415. The second-order valence-electron chi connectivity index (χ2n) is 4.26. The molecular formula is C12H13N5O3. The summed E-state index contributed by atoms with van der Waals surface area (Å²) in [6, 6.07) is 3.68. The topological polar surface area (TPSA) is 127 Å². The van der Waals surface area contributed by atoms with Crippen LogP contribution in [0.15, 0.2) is 30.6 Å². The molecule has 2 aromatic rings. The highest BCUT2D eigenvalue weighted by molar-refractivity contribution is 5.95. The second kappa shape index (κ2) is 5.39. The summed E-state index contributed by atoms with van der Waals surface area (Å²) in [6.45, 7) is 1.79. The van der Waals surface area contributed by atoms with Gasteiger partial charge in [-0.1, -0.05) is 0 Å². The Kier molecular flexibility index (Phi) is 3.65. The van der Waals surface area contributed by atoms with E-state index in [1.165, 1.54) is 12.1 Å². The molecule has 2 rings (SSSR count). The largest absolute Gasteiger partial charge is 0.393 e. The highest BCUT2D eigenvalue weighted by Gasteiger charge is 2.17. The molecule has 8 heteroatoms. The number of nitrogens with one attached hydrogen (secondary N) is 2. The Bertz CT molecular complexity index is 639. The summed E-state index contributed by atoms with van der Waals surface area (Å²) >= 11 is 0. The van der Waals surface area contributed by atoms with Crippen LogP contribution in [0.5, 0.6) is 0 Å². The number of carbonyl (C=O) groups excluding carboxylic acids is 1. The van der Waals surface area contributed by atoms with Crippen molar-refractivity contribution in [1.29, 1.82) is 0 Å². The second-order valence-corrected chi connectivity index (χ2v) is 4.26. The van der Waals surface area contributed by atoms with Gasteiger partial charge in [0.1, 0.15) is 5.69 Å². The molecule has 20 heavy (non-hydrogen) atoms. The van der Waals surface area contributed by atoms with E-state index in [0.29, 0.717) is 0 Å². The molecule has 1 aromatic heterocycles. The smallest absolute Gasteiger partial charge is 0.292 e. The fourth-order valence-electron chi connectivity index (χ4n) is 1.70. The monoisotopic (exact) mass is 275 g/mol. The molecule has 0 saturated heterocycles. The van der Waals surface area contributed by atoms with Crippen molar-refractivity contribution in [2.24, 2.45) is 0 Å². The van der Waals surface area contributed by atoms with Crippen molar-refractivity contribution in [3.05, 3.63) is 51.8 Å². The van der Waals surface area contributed by atoms with Crippen LogP contribution in [0.1, 0.15) is 28.9 Å². The van der Waals surface area contributed by atoms with Gasteiger partial charge in [0.15, 0.2) is 0 Å². The summed E-state index contributed by atoms with van der Waals surface area (Å²) in [6.07, 6.45) is 3.26. The zero-order chi connectivity index (χ0) is 14.7. The van der Waals surface area contributed by atoms with Gasteiger partial charge in [-0.3, -0.25) is 20.0 Å². The number of benzene rings is 1. The first kappa shape index (κ1) is 13.5. The van der Waals surface area contributed by atoms with Gasteiger partial charge in [-0.05, 0) is 19.1 Å². The Morgan fingerprint density at radius 2 is 2.30 bits per heavy atom. The van der Waals surface area contributed by atoms with E-state index < -0.39 is 10.8 Å². The fourth-order valence-corrected chi connectivity index (χ4v) is 1.70. The van der Waals surface area contributed by atoms with Crippen LogP contribution < -0.4 is 11.1 Å². The van der Waals surface area contributed by atoms with E-state index in [-0.39, 0.29) is 23.0 Å². The summed E-state index contributed by atoms with van der Waals surface area (Å²) in [5.41, 5.74) is 6.21. The van der Waals surface area contributed by atoms with Crippen LogP contribution in [0.3, 0.4) is 0 Å². The highest BCUT2D eigenvalue weighted by atomic mass is 16.6. The molecule has 1 aromatic carbocycles. The van der Waals surface area contributed by atoms with Crippen LogP contribution in [-0.4, -0.2) is 21.0 Å². The normalized spacial score (nSPS) is 11.8. The highest BCUT2D eigenvalue weighted by Crippen LogP contribution is 2.22. The van der Waals surface area contributed by atoms with E-state index in [4.69, 9.17) is 5.73 Å². The molecule has 1 amide bonds. The minimum Gasteiger partial charge on any atom is -0.393 e. The number of hydrogen-bond acceptors (Lipinski definition) is 5. The lowest BCUT2D eigenvalue weighted by Gasteiger charge is -2.12.